The zero-order valence-electron chi connectivity index (χ0n) is 5.53. The molecule has 0 aromatic rings. The molecule has 0 aliphatic carbocycles. The molecule has 0 nitrogen and oxygen atoms in total. The summed E-state index contributed by atoms with van der Waals surface area (Å²) in [7, 11) is 0. The second kappa shape index (κ2) is 1.70. The van der Waals surface area contributed by atoms with E-state index in [4.69, 9.17) is 0 Å². The quantitative estimate of drug-likeness (QED) is 0.551. The molecule has 0 bridgehead atoms. The van der Waals surface area contributed by atoms with Crippen molar-refractivity contribution in [1.29, 1.82) is 0 Å². The third kappa shape index (κ3) is 6.91. The van der Waals surface area contributed by atoms with E-state index in [1.165, 1.54) is 6.16 Å². The Morgan fingerprint density at radius 1 is 1.29 bits per heavy atom. The molecule has 0 amide bonds. The zero-order chi connectivity index (χ0) is 6.15. The first-order valence-electron chi connectivity index (χ1n) is 2.53. The van der Waals surface area contributed by atoms with Crippen LogP contribution in [-0.4, -0.2) is 26.2 Å². The van der Waals surface area contributed by atoms with Crippen LogP contribution in [0.15, 0.2) is 0 Å². The van der Waals surface area contributed by atoms with E-state index >= 15 is 0 Å². The van der Waals surface area contributed by atoms with Crippen molar-refractivity contribution in [3.05, 3.63) is 0 Å². The van der Waals surface area contributed by atoms with Gasteiger partial charge in [-0.25, -0.2) is 0 Å². The Balaban J connectivity index is 3.83. The van der Waals surface area contributed by atoms with Crippen LogP contribution in [0.2, 0.25) is 0 Å². The molecule has 0 spiro atoms. The molecule has 0 heterocycles. The van der Waals surface area contributed by atoms with Crippen LogP contribution in [0.1, 0.15) is 6.92 Å². The van der Waals surface area contributed by atoms with Crippen molar-refractivity contribution < 1.29 is 0 Å². The standard InChI is InChI=1S/C5H14BrP/c1-5-7(2,3,4)6/h5H2,1-4H3. The molecule has 0 aliphatic rings. The van der Waals surface area contributed by atoms with E-state index in [0.717, 1.165) is 0 Å². The summed E-state index contributed by atoms with van der Waals surface area (Å²) >= 11 is 3.71. The van der Waals surface area contributed by atoms with Gasteiger partial charge in [-0.1, -0.05) is 0 Å². The van der Waals surface area contributed by atoms with Gasteiger partial charge in [0.15, 0.2) is 0 Å². The predicted octanol–water partition coefficient (Wildman–Crippen LogP) is 2.76. The first-order valence-corrected chi connectivity index (χ1v) is 8.32. The molecule has 0 saturated heterocycles. The maximum absolute atomic E-state index is 3.71. The Hall–Kier alpha value is 0.910. The first-order chi connectivity index (χ1) is 2.81. The molecule has 7 heavy (non-hydrogen) atoms. The van der Waals surface area contributed by atoms with Crippen LogP contribution in [0.3, 0.4) is 0 Å². The van der Waals surface area contributed by atoms with Crippen LogP contribution in [0, 0.1) is 0 Å². The average Bonchev–Trinajstić information content (AvgIpc) is 1.32. The molecule has 2 heteroatoms. The third-order valence-corrected chi connectivity index (χ3v) is 4.71. The predicted molar refractivity (Wildman–Crippen MR) is 44.2 cm³/mol. The molecule has 0 aromatic heterocycles. The average molecular weight is 185 g/mol. The Kier molecular flexibility index (Phi) is 1.92. The van der Waals surface area contributed by atoms with E-state index in [1.54, 1.807) is 0 Å². The van der Waals surface area contributed by atoms with Gasteiger partial charge in [-0.3, -0.25) is 0 Å². The topological polar surface area (TPSA) is 0 Å². The van der Waals surface area contributed by atoms with Crippen molar-refractivity contribution in [1.82, 2.24) is 0 Å². The summed E-state index contributed by atoms with van der Waals surface area (Å²) < 4.78 is 0. The van der Waals surface area contributed by atoms with Crippen LogP contribution in [0.5, 0.6) is 0 Å². The minimum absolute atomic E-state index is 1.26. The third-order valence-electron chi connectivity index (χ3n) is 1.07. The van der Waals surface area contributed by atoms with Gasteiger partial charge in [0.05, 0.1) is 0 Å². The molecule has 0 saturated carbocycles. The van der Waals surface area contributed by atoms with E-state index in [1.807, 2.05) is 0 Å². The summed E-state index contributed by atoms with van der Waals surface area (Å²) in [6.45, 7) is 9.16. The zero-order valence-corrected chi connectivity index (χ0v) is 8.01. The van der Waals surface area contributed by atoms with Gasteiger partial charge in [0, 0.05) is 0 Å². The van der Waals surface area contributed by atoms with Gasteiger partial charge in [0.25, 0.3) is 0 Å². The van der Waals surface area contributed by atoms with Crippen molar-refractivity contribution in [2.24, 2.45) is 0 Å². The summed E-state index contributed by atoms with van der Waals surface area (Å²) in [4.78, 5) is 0. The fraction of sp³-hybridized carbons (Fsp3) is 1.00. The molecule has 0 radical (unpaired) electrons. The van der Waals surface area contributed by atoms with Gasteiger partial charge < -0.3 is 0 Å². The SMILES string of the molecule is CCP(C)(C)(C)Br. The van der Waals surface area contributed by atoms with Crippen LogP contribution < -0.4 is 0 Å². The maximum atomic E-state index is 3.71. The normalized spacial score (nSPS) is 18.1. The summed E-state index contributed by atoms with van der Waals surface area (Å²) in [5, 5.41) is -1.26. The number of halogens is 1. The molecule has 0 unspecified atom stereocenters. The number of rotatable bonds is 1. The van der Waals surface area contributed by atoms with Crippen LogP contribution >= 0.6 is 20.8 Å². The van der Waals surface area contributed by atoms with E-state index in [9.17, 15) is 0 Å². The van der Waals surface area contributed by atoms with Crippen molar-refractivity contribution in [3.63, 3.8) is 0 Å². The van der Waals surface area contributed by atoms with Crippen LogP contribution in [-0.2, 0) is 0 Å². The van der Waals surface area contributed by atoms with Gasteiger partial charge in [0.2, 0.25) is 0 Å². The number of hydrogen-bond acceptors (Lipinski definition) is 0. The second-order valence-electron chi connectivity index (χ2n) is 3.23. The minimum atomic E-state index is -1.26. The fourth-order valence-electron chi connectivity index (χ4n) is 0. The van der Waals surface area contributed by atoms with Gasteiger partial charge >= 0.3 is 53.9 Å². The van der Waals surface area contributed by atoms with Crippen LogP contribution in [0.4, 0.5) is 0 Å². The molecule has 0 fully saturated rings. The van der Waals surface area contributed by atoms with Gasteiger partial charge in [-0.2, -0.15) is 0 Å². The number of hydrogen-bond donors (Lipinski definition) is 0. The molecule has 46 valence electrons. The van der Waals surface area contributed by atoms with Gasteiger partial charge in [-0.05, 0) is 0 Å². The summed E-state index contributed by atoms with van der Waals surface area (Å²) in [6, 6.07) is 0. The van der Waals surface area contributed by atoms with E-state index in [0.29, 0.717) is 0 Å². The van der Waals surface area contributed by atoms with E-state index in [2.05, 4.69) is 42.4 Å². The monoisotopic (exact) mass is 184 g/mol. The summed E-state index contributed by atoms with van der Waals surface area (Å²) in [5.41, 5.74) is 0. The molecule has 0 rings (SSSR count). The fourth-order valence-corrected chi connectivity index (χ4v) is 0. The van der Waals surface area contributed by atoms with Crippen LogP contribution in [0.25, 0.3) is 0 Å². The van der Waals surface area contributed by atoms with Crippen molar-refractivity contribution in [2.45, 2.75) is 6.92 Å². The van der Waals surface area contributed by atoms with Crippen molar-refractivity contribution in [2.75, 3.05) is 26.2 Å². The Labute approximate surface area is 54.3 Å². The molecule has 0 atom stereocenters. The van der Waals surface area contributed by atoms with Crippen molar-refractivity contribution in [3.8, 4) is 0 Å². The Morgan fingerprint density at radius 3 is 1.43 bits per heavy atom. The van der Waals surface area contributed by atoms with Gasteiger partial charge in [0.1, 0.15) is 0 Å². The van der Waals surface area contributed by atoms with E-state index < -0.39 is 5.31 Å². The molecular weight excluding hydrogens is 171 g/mol. The van der Waals surface area contributed by atoms with Gasteiger partial charge in [-0.15, -0.1) is 0 Å². The first kappa shape index (κ1) is 7.91. The van der Waals surface area contributed by atoms with E-state index in [-0.39, 0.29) is 0 Å². The molecular formula is C5H14BrP. The van der Waals surface area contributed by atoms with Crippen molar-refractivity contribution >= 4 is 20.8 Å². The molecule has 0 aliphatic heterocycles. The molecule has 0 aromatic carbocycles. The summed E-state index contributed by atoms with van der Waals surface area (Å²) in [6.07, 6.45) is 1.28. The molecule has 0 N–H and O–H groups in total. The Bertz CT molecular complexity index is 60.6. The second-order valence-corrected chi connectivity index (χ2v) is 17.6. The Morgan fingerprint density at radius 2 is 1.43 bits per heavy atom. The summed E-state index contributed by atoms with van der Waals surface area (Å²) in [5.74, 6) is 0.